The Morgan fingerprint density at radius 1 is 1.45 bits per heavy atom. The second-order valence-electron chi connectivity index (χ2n) is 7.82. The highest BCUT2D eigenvalue weighted by molar-refractivity contribution is 5.91. The number of nitrogens with two attached hydrogens (primary N) is 2. The van der Waals surface area contributed by atoms with Gasteiger partial charge < -0.3 is 21.7 Å². The van der Waals surface area contributed by atoms with Crippen LogP contribution in [-0.4, -0.2) is 52.4 Å². The summed E-state index contributed by atoms with van der Waals surface area (Å²) in [5.41, 5.74) is 13.6. The molecule has 33 heavy (non-hydrogen) atoms. The third-order valence-corrected chi connectivity index (χ3v) is 5.24. The van der Waals surface area contributed by atoms with Gasteiger partial charge in [-0.2, -0.15) is 15.4 Å². The molecule has 5 N–H and O–H groups in total. The van der Waals surface area contributed by atoms with E-state index in [0.717, 1.165) is 17.7 Å². The summed E-state index contributed by atoms with van der Waals surface area (Å²) in [4.78, 5) is 25.9. The molecule has 0 amide bonds. The first-order valence-electron chi connectivity index (χ1n) is 10.5. The molecule has 3 rings (SSSR count). The van der Waals surface area contributed by atoms with Crippen LogP contribution in [0.1, 0.15) is 25.8 Å². The number of carbonyl (C=O) groups excluding carboxylic acids is 1. The van der Waals surface area contributed by atoms with Gasteiger partial charge in [0.05, 0.1) is 36.6 Å². The second-order valence-corrected chi connectivity index (χ2v) is 7.82. The maximum absolute atomic E-state index is 11.0. The van der Waals surface area contributed by atoms with Crippen LogP contribution in [0.15, 0.2) is 52.6 Å². The van der Waals surface area contributed by atoms with Crippen LogP contribution < -0.4 is 21.7 Å². The molecule has 3 heterocycles. The number of carbonyl (C=O) groups is 1. The van der Waals surface area contributed by atoms with E-state index in [1.54, 1.807) is 6.20 Å². The van der Waals surface area contributed by atoms with Crippen LogP contribution in [-0.2, 0) is 16.8 Å². The van der Waals surface area contributed by atoms with Gasteiger partial charge in [-0.25, -0.2) is 4.98 Å². The lowest BCUT2D eigenvalue weighted by atomic mass is 9.86. The summed E-state index contributed by atoms with van der Waals surface area (Å²) >= 11 is 0. The fourth-order valence-corrected chi connectivity index (χ4v) is 3.52. The maximum Gasteiger partial charge on any atom is 0.200 e. The first-order valence-corrected chi connectivity index (χ1v) is 10.5. The molecule has 1 aliphatic rings. The number of aryl methyl sites for hydroxylation is 1. The Hall–Kier alpha value is -4.20. The number of Topliss-reactive ketones (excluding diaryl/α,β-unsaturated/α-hetero) is 1. The standard InChI is InChI=1S/C22H28N10O/c1-3-17-11-28-32(13-17)22(6-7-23)14-31(15-22)19-5-4-8-27-20(19)30-21(25)29-18(9-24)12-26-10-16(2)33/h4-5,8-9,11-13H,3,6,10,14-15,24H2,1-2H3,(H3,25,27,29,30). The SMILES string of the molecule is CCc1cnn(C2(CC#N)CN(c3cccnc3N=C(N)NC(C=NCC(C)=O)=CN)C2)c1. The monoisotopic (exact) mass is 448 g/mol. The third kappa shape index (κ3) is 5.54. The number of allylic oxidation sites excluding steroid dienone is 1. The number of hydrogen-bond acceptors (Lipinski definition) is 8. The summed E-state index contributed by atoms with van der Waals surface area (Å²) in [6.07, 6.45) is 9.42. The van der Waals surface area contributed by atoms with Crippen LogP contribution in [0.25, 0.3) is 0 Å². The summed E-state index contributed by atoms with van der Waals surface area (Å²) in [7, 11) is 0. The average molecular weight is 449 g/mol. The maximum atomic E-state index is 11.0. The van der Waals surface area contributed by atoms with Crippen molar-refractivity contribution >= 4 is 29.5 Å². The summed E-state index contributed by atoms with van der Waals surface area (Å²) < 4.78 is 1.90. The Labute approximate surface area is 192 Å². The number of nitriles is 1. The molecule has 0 aromatic carbocycles. The van der Waals surface area contributed by atoms with E-state index in [0.29, 0.717) is 31.0 Å². The van der Waals surface area contributed by atoms with Crippen molar-refractivity contribution in [3.05, 3.63) is 48.2 Å². The third-order valence-electron chi connectivity index (χ3n) is 5.24. The van der Waals surface area contributed by atoms with E-state index in [-0.39, 0.29) is 18.3 Å². The van der Waals surface area contributed by atoms with Gasteiger partial charge in [-0.05, 0) is 31.0 Å². The summed E-state index contributed by atoms with van der Waals surface area (Å²) in [6.45, 7) is 4.77. The van der Waals surface area contributed by atoms with E-state index < -0.39 is 5.54 Å². The molecule has 1 fully saturated rings. The molecule has 0 saturated carbocycles. The molecule has 0 atom stereocenters. The van der Waals surface area contributed by atoms with Crippen LogP contribution in [0.2, 0.25) is 0 Å². The van der Waals surface area contributed by atoms with Gasteiger partial charge in [0, 0.05) is 37.9 Å². The Balaban J connectivity index is 1.76. The van der Waals surface area contributed by atoms with Gasteiger partial charge in [0.25, 0.3) is 0 Å². The van der Waals surface area contributed by atoms with Gasteiger partial charge in [0.2, 0.25) is 0 Å². The van der Waals surface area contributed by atoms with Gasteiger partial charge in [-0.15, -0.1) is 0 Å². The predicted octanol–water partition coefficient (Wildman–Crippen LogP) is 0.965. The Morgan fingerprint density at radius 2 is 2.24 bits per heavy atom. The topological polar surface area (TPSA) is 164 Å². The van der Waals surface area contributed by atoms with Crippen molar-refractivity contribution in [3.8, 4) is 6.07 Å². The molecular formula is C22H28N10O. The van der Waals surface area contributed by atoms with E-state index in [1.807, 2.05) is 29.2 Å². The number of anilines is 1. The van der Waals surface area contributed by atoms with Crippen LogP contribution in [0.3, 0.4) is 0 Å². The molecule has 0 spiro atoms. The van der Waals surface area contributed by atoms with Gasteiger partial charge in [0.15, 0.2) is 17.6 Å². The zero-order valence-electron chi connectivity index (χ0n) is 18.8. The van der Waals surface area contributed by atoms with Crippen molar-refractivity contribution in [1.82, 2.24) is 20.1 Å². The molecule has 11 heteroatoms. The number of ketones is 1. The Morgan fingerprint density at radius 3 is 2.88 bits per heavy atom. The molecule has 1 saturated heterocycles. The van der Waals surface area contributed by atoms with Crippen molar-refractivity contribution in [2.24, 2.45) is 21.5 Å². The normalized spacial score (nSPS) is 15.8. The zero-order valence-corrected chi connectivity index (χ0v) is 18.8. The Bertz CT molecular complexity index is 1120. The quantitative estimate of drug-likeness (QED) is 0.377. The lowest BCUT2D eigenvalue weighted by Gasteiger charge is -2.50. The van der Waals surface area contributed by atoms with E-state index in [2.05, 4.69) is 43.3 Å². The lowest BCUT2D eigenvalue weighted by Crippen LogP contribution is -2.63. The van der Waals surface area contributed by atoms with E-state index in [1.165, 1.54) is 19.3 Å². The number of rotatable bonds is 9. The van der Waals surface area contributed by atoms with Crippen LogP contribution >= 0.6 is 0 Å². The average Bonchev–Trinajstić information content (AvgIpc) is 3.25. The highest BCUT2D eigenvalue weighted by Gasteiger charge is 2.46. The first kappa shape index (κ1) is 23.5. The number of aliphatic imine (C=N–C) groups is 2. The first-order chi connectivity index (χ1) is 15.9. The van der Waals surface area contributed by atoms with Crippen molar-refractivity contribution < 1.29 is 4.79 Å². The number of pyridine rings is 1. The number of nitrogens with one attached hydrogen (secondary N) is 1. The largest absolute Gasteiger partial charge is 0.403 e. The number of aromatic nitrogens is 3. The number of nitrogens with zero attached hydrogens (tertiary/aromatic N) is 7. The summed E-state index contributed by atoms with van der Waals surface area (Å²) in [5.74, 6) is 0.439. The minimum atomic E-state index is -0.397. The Kier molecular flexibility index (Phi) is 7.40. The van der Waals surface area contributed by atoms with E-state index in [4.69, 9.17) is 11.5 Å². The molecule has 0 bridgehead atoms. The van der Waals surface area contributed by atoms with Crippen LogP contribution in [0.5, 0.6) is 0 Å². The van der Waals surface area contributed by atoms with E-state index >= 15 is 0 Å². The van der Waals surface area contributed by atoms with Gasteiger partial charge in [0.1, 0.15) is 5.54 Å². The fourth-order valence-electron chi connectivity index (χ4n) is 3.52. The zero-order chi connectivity index (χ0) is 23.8. The molecule has 11 nitrogen and oxygen atoms in total. The van der Waals surface area contributed by atoms with Crippen molar-refractivity contribution in [2.45, 2.75) is 32.2 Å². The van der Waals surface area contributed by atoms with Gasteiger partial charge in [-0.3, -0.25) is 14.5 Å². The predicted molar refractivity (Wildman–Crippen MR) is 127 cm³/mol. The molecule has 2 aromatic rings. The molecule has 2 aromatic heterocycles. The summed E-state index contributed by atoms with van der Waals surface area (Å²) in [6, 6.07) is 6.03. The van der Waals surface area contributed by atoms with Gasteiger partial charge in [-0.1, -0.05) is 6.92 Å². The smallest absolute Gasteiger partial charge is 0.200 e. The van der Waals surface area contributed by atoms with E-state index in [9.17, 15) is 10.1 Å². The fraction of sp³-hybridized carbons (Fsp3) is 0.364. The minimum absolute atomic E-state index is 0.0515. The van der Waals surface area contributed by atoms with Crippen molar-refractivity contribution in [1.29, 1.82) is 5.26 Å². The van der Waals surface area contributed by atoms with Gasteiger partial charge >= 0.3 is 0 Å². The molecule has 0 radical (unpaired) electrons. The minimum Gasteiger partial charge on any atom is -0.403 e. The highest BCUT2D eigenvalue weighted by Crippen LogP contribution is 2.39. The summed E-state index contributed by atoms with van der Waals surface area (Å²) in [5, 5.41) is 16.7. The lowest BCUT2D eigenvalue weighted by molar-refractivity contribution is -0.115. The second kappa shape index (κ2) is 10.4. The van der Waals surface area contributed by atoms with Crippen molar-refractivity contribution in [2.75, 3.05) is 24.5 Å². The van der Waals surface area contributed by atoms with Crippen LogP contribution in [0, 0.1) is 11.3 Å². The number of guanidine groups is 1. The van der Waals surface area contributed by atoms with Crippen LogP contribution in [0.4, 0.5) is 11.5 Å². The van der Waals surface area contributed by atoms with Crippen molar-refractivity contribution in [3.63, 3.8) is 0 Å². The molecular weight excluding hydrogens is 420 g/mol. The molecule has 1 aliphatic heterocycles. The highest BCUT2D eigenvalue weighted by atomic mass is 16.1. The molecule has 172 valence electrons. The number of hydrogen-bond donors (Lipinski definition) is 3. The molecule has 0 unspecified atom stereocenters. The molecule has 0 aliphatic carbocycles.